The maximum atomic E-state index is 13.7. The highest BCUT2D eigenvalue weighted by Gasteiger charge is 2.55. The van der Waals surface area contributed by atoms with Crippen molar-refractivity contribution in [3.63, 3.8) is 0 Å². The lowest BCUT2D eigenvalue weighted by Gasteiger charge is -2.35. The molecule has 1 amide bonds. The van der Waals surface area contributed by atoms with E-state index in [0.29, 0.717) is 24.2 Å². The fraction of sp³-hybridized carbons (Fsp3) is 0.591. The van der Waals surface area contributed by atoms with E-state index in [1.165, 1.54) is 4.90 Å². The number of carbonyl (C=O) groups excluding carboxylic acids is 1. The Kier molecular flexibility index (Phi) is 5.75. The number of alkyl halides is 3. The van der Waals surface area contributed by atoms with E-state index in [1.807, 2.05) is 0 Å². The molecule has 1 aliphatic heterocycles. The predicted octanol–water partition coefficient (Wildman–Crippen LogP) is 4.88. The zero-order valence-corrected chi connectivity index (χ0v) is 21.0. The molecule has 34 heavy (non-hydrogen) atoms. The molecular formula is C22H29F3N6O2Si. The van der Waals surface area contributed by atoms with Crippen molar-refractivity contribution in [2.24, 2.45) is 0 Å². The Balaban J connectivity index is 1.77. The first-order valence-electron chi connectivity index (χ1n) is 11.2. The minimum absolute atomic E-state index is 0.0251. The largest absolute Gasteiger partial charge is 0.451 e. The van der Waals surface area contributed by atoms with Crippen LogP contribution in [0.3, 0.4) is 0 Å². The number of halogens is 3. The summed E-state index contributed by atoms with van der Waals surface area (Å²) in [5.74, 6) is -0.765. The Morgan fingerprint density at radius 2 is 1.71 bits per heavy atom. The van der Waals surface area contributed by atoms with Crippen LogP contribution in [-0.4, -0.2) is 34.2 Å². The van der Waals surface area contributed by atoms with E-state index >= 15 is 0 Å². The van der Waals surface area contributed by atoms with Gasteiger partial charge < -0.3 is 10.2 Å². The summed E-state index contributed by atoms with van der Waals surface area (Å²) in [6.45, 7) is 10.7. The van der Waals surface area contributed by atoms with E-state index in [-0.39, 0.29) is 34.9 Å². The number of aromatic nitrogens is 4. The smallest absolute Gasteiger partial charge is 0.409 e. The van der Waals surface area contributed by atoms with Crippen molar-refractivity contribution in [2.75, 3.05) is 10.6 Å². The van der Waals surface area contributed by atoms with Gasteiger partial charge in [-0.2, -0.15) is 13.2 Å². The molecule has 0 atom stereocenters. The van der Waals surface area contributed by atoms with Crippen molar-refractivity contribution in [1.29, 1.82) is 0 Å². The van der Waals surface area contributed by atoms with Crippen LogP contribution in [0.15, 0.2) is 12.4 Å². The lowest BCUT2D eigenvalue weighted by atomic mass is 9.80. The lowest BCUT2D eigenvalue weighted by Crippen LogP contribution is -2.40. The highest BCUT2D eigenvalue weighted by atomic mass is 28.4. The molecule has 0 bridgehead atoms. The molecule has 1 spiro atoms. The highest BCUT2D eigenvalue weighted by Crippen LogP contribution is 2.54. The molecular weight excluding hydrogens is 465 g/mol. The Labute approximate surface area is 197 Å². The van der Waals surface area contributed by atoms with Gasteiger partial charge >= 0.3 is 6.18 Å². The number of nitrogens with two attached hydrogens (primary N) is 1. The van der Waals surface area contributed by atoms with Crippen molar-refractivity contribution in [1.82, 2.24) is 19.9 Å². The number of amides is 1. The Morgan fingerprint density at radius 3 is 2.24 bits per heavy atom. The number of carbonyl (C=O) groups is 1. The minimum atomic E-state index is -4.68. The number of rotatable bonds is 4. The summed E-state index contributed by atoms with van der Waals surface area (Å²) < 4.78 is 45.1. The molecule has 1 fully saturated rings. The fourth-order valence-corrected chi connectivity index (χ4v) is 5.26. The third-order valence-corrected chi connectivity index (χ3v) is 11.7. The fourth-order valence-electron chi connectivity index (χ4n) is 4.34. The van der Waals surface area contributed by atoms with Crippen molar-refractivity contribution in [2.45, 2.75) is 82.8 Å². The lowest BCUT2D eigenvalue weighted by molar-refractivity contribution is -0.144. The predicted molar refractivity (Wildman–Crippen MR) is 123 cm³/mol. The van der Waals surface area contributed by atoms with Crippen LogP contribution in [-0.2, 0) is 27.4 Å². The van der Waals surface area contributed by atoms with Crippen LogP contribution in [0, 0.1) is 0 Å². The molecule has 8 nitrogen and oxygen atoms in total. The first-order valence-corrected chi connectivity index (χ1v) is 14.1. The van der Waals surface area contributed by atoms with Crippen LogP contribution in [0.1, 0.15) is 63.7 Å². The second kappa shape index (κ2) is 7.97. The van der Waals surface area contributed by atoms with Gasteiger partial charge in [-0.25, -0.2) is 19.9 Å². The van der Waals surface area contributed by atoms with Crippen molar-refractivity contribution in [3.8, 4) is 0 Å². The van der Waals surface area contributed by atoms with Gasteiger partial charge in [-0.3, -0.25) is 9.69 Å². The van der Waals surface area contributed by atoms with Crippen molar-refractivity contribution < 1.29 is 22.4 Å². The van der Waals surface area contributed by atoms with Crippen molar-refractivity contribution >= 4 is 31.5 Å². The van der Waals surface area contributed by atoms with E-state index in [4.69, 9.17) is 10.2 Å². The number of anilines is 3. The minimum Gasteiger partial charge on any atom is -0.409 e. The third-order valence-electron chi connectivity index (χ3n) is 7.24. The van der Waals surface area contributed by atoms with E-state index in [2.05, 4.69) is 53.8 Å². The first-order chi connectivity index (χ1) is 15.7. The second-order valence-electron chi connectivity index (χ2n) is 10.5. The van der Waals surface area contributed by atoms with Gasteiger partial charge in [0.15, 0.2) is 14.1 Å². The third kappa shape index (κ3) is 3.96. The monoisotopic (exact) mass is 494 g/mol. The van der Waals surface area contributed by atoms with Crippen LogP contribution in [0.4, 0.5) is 30.5 Å². The van der Waals surface area contributed by atoms with E-state index in [0.717, 1.165) is 25.2 Å². The topological polar surface area (TPSA) is 107 Å². The van der Waals surface area contributed by atoms with Crippen molar-refractivity contribution in [3.05, 3.63) is 29.6 Å². The first kappa shape index (κ1) is 24.5. The molecule has 2 aromatic heterocycles. The van der Waals surface area contributed by atoms with E-state index in [1.54, 1.807) is 0 Å². The van der Waals surface area contributed by atoms with Gasteiger partial charge in [-0.05, 0) is 31.0 Å². The Morgan fingerprint density at radius 1 is 1.12 bits per heavy atom. The Bertz CT molecular complexity index is 1110. The number of hydrogen-bond acceptors (Lipinski definition) is 7. The quantitative estimate of drug-likeness (QED) is 0.604. The van der Waals surface area contributed by atoms with Crippen LogP contribution < -0.4 is 10.6 Å². The number of nitrogens with zero attached hydrogens (tertiary/aromatic N) is 5. The van der Waals surface area contributed by atoms with E-state index in [9.17, 15) is 18.0 Å². The molecule has 2 aliphatic rings. The summed E-state index contributed by atoms with van der Waals surface area (Å²) in [7, 11) is -2.11. The number of fused-ring (bicyclic) bond motifs is 2. The summed E-state index contributed by atoms with van der Waals surface area (Å²) in [5, 5.41) is -0.0251. The molecule has 2 N–H and O–H groups in total. The van der Waals surface area contributed by atoms with Gasteiger partial charge in [0, 0.05) is 0 Å². The molecule has 2 aromatic rings. The number of nitrogen functional groups attached to an aromatic ring is 1. The maximum Gasteiger partial charge on any atom is 0.451 e. The van der Waals surface area contributed by atoms with Gasteiger partial charge in [0.1, 0.15) is 11.6 Å². The standard InChI is InChI=1S/C22H29F3N6O2Si/c1-20(2,3)34(4,5)33-12-14-29-16(26)15-17(30-14)31(19(32)21(15)8-6-7-9-21)13-10-27-18(28-11-13)22(23,24)25/h10-11H,6-9,12H2,1-5H3,(H2,26,29,30). The molecule has 184 valence electrons. The zero-order valence-electron chi connectivity index (χ0n) is 20.0. The summed E-state index contributed by atoms with van der Waals surface area (Å²) in [6.07, 6.45) is 0.120. The molecule has 0 saturated heterocycles. The SMILES string of the molecule is CC(C)(C)[Si](C)(C)OCc1nc(N)c2c(n1)N(c1cnc(C(F)(F)F)nc1)C(=O)C21CCCC1. The molecule has 1 saturated carbocycles. The van der Waals surface area contributed by atoms with Gasteiger partial charge in [0.25, 0.3) is 0 Å². The number of hydrogen-bond donors (Lipinski definition) is 1. The van der Waals surface area contributed by atoms with Gasteiger partial charge in [-0.15, -0.1) is 0 Å². The highest BCUT2D eigenvalue weighted by molar-refractivity contribution is 6.74. The normalized spacial score (nSPS) is 18.1. The summed E-state index contributed by atoms with van der Waals surface area (Å²) in [5.41, 5.74) is 6.14. The van der Waals surface area contributed by atoms with Crippen LogP contribution in [0.2, 0.25) is 18.1 Å². The molecule has 0 radical (unpaired) electrons. The molecule has 3 heterocycles. The van der Waals surface area contributed by atoms with Crippen LogP contribution in [0.5, 0.6) is 0 Å². The zero-order chi connectivity index (χ0) is 25.1. The van der Waals surface area contributed by atoms with Crippen LogP contribution in [0.25, 0.3) is 0 Å². The molecule has 12 heteroatoms. The molecule has 0 unspecified atom stereocenters. The molecule has 0 aromatic carbocycles. The van der Waals surface area contributed by atoms with Gasteiger partial charge in [-0.1, -0.05) is 33.6 Å². The molecule has 4 rings (SSSR count). The summed E-state index contributed by atoms with van der Waals surface area (Å²) in [4.78, 5) is 30.9. The molecule has 1 aliphatic carbocycles. The average Bonchev–Trinajstić information content (AvgIpc) is 3.30. The van der Waals surface area contributed by atoms with Gasteiger partial charge in [0.2, 0.25) is 11.7 Å². The van der Waals surface area contributed by atoms with Gasteiger partial charge in [0.05, 0.1) is 35.7 Å². The second-order valence-corrected chi connectivity index (χ2v) is 15.3. The Hall–Kier alpha value is -2.60. The van der Waals surface area contributed by atoms with Crippen LogP contribution >= 0.6 is 0 Å². The summed E-state index contributed by atoms with van der Waals surface area (Å²) >= 11 is 0. The summed E-state index contributed by atoms with van der Waals surface area (Å²) in [6, 6.07) is 0. The van der Waals surface area contributed by atoms with E-state index < -0.39 is 25.7 Å². The maximum absolute atomic E-state index is 13.7. The average molecular weight is 495 g/mol.